The monoisotopic (exact) mass is 356 g/mol. The van der Waals surface area contributed by atoms with Crippen molar-refractivity contribution in [1.82, 2.24) is 25.3 Å². The summed E-state index contributed by atoms with van der Waals surface area (Å²) in [7, 11) is 3.48. The van der Waals surface area contributed by atoms with Gasteiger partial charge in [-0.15, -0.1) is 0 Å². The van der Waals surface area contributed by atoms with Crippen molar-refractivity contribution in [3.8, 4) is 5.69 Å². The molecule has 0 fully saturated rings. The fourth-order valence-corrected chi connectivity index (χ4v) is 2.32. The lowest BCUT2D eigenvalue weighted by molar-refractivity contribution is -0.127. The first-order chi connectivity index (χ1) is 12.5. The number of hydrogen-bond donors (Lipinski definition) is 2. The highest BCUT2D eigenvalue weighted by Gasteiger charge is 2.08. The first-order valence-corrected chi connectivity index (χ1v) is 8.84. The molecule has 7 heteroatoms. The molecule has 0 aliphatic heterocycles. The molecule has 0 spiro atoms. The first kappa shape index (κ1) is 19.5. The number of rotatable bonds is 7. The van der Waals surface area contributed by atoms with E-state index in [1.807, 2.05) is 48.1 Å². The Morgan fingerprint density at radius 1 is 1.23 bits per heavy atom. The predicted molar refractivity (Wildman–Crippen MR) is 104 cm³/mol. The van der Waals surface area contributed by atoms with Gasteiger partial charge in [-0.3, -0.25) is 4.79 Å². The summed E-state index contributed by atoms with van der Waals surface area (Å²) < 4.78 is 1.86. The van der Waals surface area contributed by atoms with Gasteiger partial charge in [0.2, 0.25) is 5.91 Å². The zero-order valence-electron chi connectivity index (χ0n) is 16.0. The Balaban J connectivity index is 2.14. The van der Waals surface area contributed by atoms with Gasteiger partial charge in [0.25, 0.3) is 0 Å². The average molecular weight is 356 g/mol. The van der Waals surface area contributed by atoms with E-state index in [1.54, 1.807) is 19.0 Å². The minimum Gasteiger partial charge on any atom is -0.356 e. The number of carbonyl (C=O) groups is 1. The number of aryl methyl sites for hydroxylation is 1. The molecule has 1 heterocycles. The zero-order chi connectivity index (χ0) is 18.9. The second kappa shape index (κ2) is 9.60. The summed E-state index contributed by atoms with van der Waals surface area (Å²) in [6, 6.07) is 10.0. The lowest BCUT2D eigenvalue weighted by atomic mass is 10.2. The highest BCUT2D eigenvalue weighted by molar-refractivity contribution is 5.86. The maximum atomic E-state index is 11.8. The second-order valence-electron chi connectivity index (χ2n) is 6.26. The maximum Gasteiger partial charge on any atom is 0.241 e. The van der Waals surface area contributed by atoms with Gasteiger partial charge in [-0.1, -0.05) is 25.1 Å². The lowest BCUT2D eigenvalue weighted by Crippen LogP contribution is -2.43. The third kappa shape index (κ3) is 5.61. The molecule has 140 valence electrons. The molecule has 0 saturated heterocycles. The quantitative estimate of drug-likeness (QED) is 0.585. The normalized spacial score (nSPS) is 11.3. The number of nitrogens with one attached hydrogen (secondary N) is 2. The van der Waals surface area contributed by atoms with Crippen LogP contribution in [0.2, 0.25) is 0 Å². The summed E-state index contributed by atoms with van der Waals surface area (Å²) in [5, 5.41) is 10.8. The third-order valence-electron chi connectivity index (χ3n) is 3.82. The molecule has 0 radical (unpaired) electrons. The molecule has 0 aliphatic carbocycles. The summed E-state index contributed by atoms with van der Waals surface area (Å²) >= 11 is 0. The van der Waals surface area contributed by atoms with Crippen molar-refractivity contribution < 1.29 is 4.79 Å². The van der Waals surface area contributed by atoms with Gasteiger partial charge in [0, 0.05) is 26.8 Å². The van der Waals surface area contributed by atoms with Gasteiger partial charge in [-0.2, -0.15) is 5.10 Å². The average Bonchev–Trinajstić information content (AvgIpc) is 3.07. The molecule has 1 amide bonds. The van der Waals surface area contributed by atoms with Gasteiger partial charge in [0.1, 0.15) is 0 Å². The molecular formula is C19H28N6O. The van der Waals surface area contributed by atoms with Gasteiger partial charge in [0.15, 0.2) is 5.96 Å². The molecule has 0 atom stereocenters. The van der Waals surface area contributed by atoms with Gasteiger partial charge >= 0.3 is 0 Å². The van der Waals surface area contributed by atoms with Crippen molar-refractivity contribution in [2.75, 3.05) is 27.2 Å². The van der Waals surface area contributed by atoms with Crippen LogP contribution in [-0.4, -0.2) is 53.7 Å². The molecule has 7 nitrogen and oxygen atoms in total. The Morgan fingerprint density at radius 2 is 2.00 bits per heavy atom. The largest absolute Gasteiger partial charge is 0.356 e. The highest BCUT2D eigenvalue weighted by Crippen LogP contribution is 2.15. The number of likely N-dealkylation sites (N-methyl/N-ethyl adjacent to an activating group) is 1. The van der Waals surface area contributed by atoms with E-state index in [4.69, 9.17) is 0 Å². The minimum atomic E-state index is 0.00316. The SMILES string of the molecule is CCCNC(=NCc1ccccc1-n1ccc(C)n1)NCC(=O)N(C)C. The van der Waals surface area contributed by atoms with Gasteiger partial charge < -0.3 is 15.5 Å². The van der Waals surface area contributed by atoms with Crippen molar-refractivity contribution in [3.05, 3.63) is 47.8 Å². The molecule has 2 N–H and O–H groups in total. The number of aliphatic imine (C=N–C) groups is 1. The van der Waals surface area contributed by atoms with Crippen LogP contribution in [0.25, 0.3) is 5.69 Å². The van der Waals surface area contributed by atoms with Crippen LogP contribution in [0.3, 0.4) is 0 Å². The summed E-state index contributed by atoms with van der Waals surface area (Å²) in [5.74, 6) is 0.636. The molecule has 0 unspecified atom stereocenters. The summed E-state index contributed by atoms with van der Waals surface area (Å²) in [5.41, 5.74) is 3.04. The molecule has 26 heavy (non-hydrogen) atoms. The number of para-hydroxylation sites is 1. The third-order valence-corrected chi connectivity index (χ3v) is 3.82. The first-order valence-electron chi connectivity index (χ1n) is 8.84. The fourth-order valence-electron chi connectivity index (χ4n) is 2.32. The van der Waals surface area contributed by atoms with E-state index in [0.29, 0.717) is 12.5 Å². The Bertz CT molecular complexity index is 750. The van der Waals surface area contributed by atoms with Crippen LogP contribution in [0.15, 0.2) is 41.5 Å². The Labute approximate surface area is 155 Å². The van der Waals surface area contributed by atoms with Crippen molar-refractivity contribution in [2.45, 2.75) is 26.8 Å². The fraction of sp³-hybridized carbons (Fsp3) is 0.421. The van der Waals surface area contributed by atoms with E-state index in [1.165, 1.54) is 0 Å². The highest BCUT2D eigenvalue weighted by atomic mass is 16.2. The molecule has 0 saturated carbocycles. The summed E-state index contributed by atoms with van der Waals surface area (Å²) in [6.07, 6.45) is 2.92. The number of benzene rings is 1. The molecular weight excluding hydrogens is 328 g/mol. The van der Waals surface area contributed by atoms with E-state index >= 15 is 0 Å². The number of hydrogen-bond acceptors (Lipinski definition) is 3. The number of carbonyl (C=O) groups excluding carboxylic acids is 1. The van der Waals surface area contributed by atoms with E-state index in [9.17, 15) is 4.79 Å². The topological polar surface area (TPSA) is 74.5 Å². The Hall–Kier alpha value is -2.83. The van der Waals surface area contributed by atoms with Crippen molar-refractivity contribution in [1.29, 1.82) is 0 Å². The van der Waals surface area contributed by atoms with Gasteiger partial charge in [-0.05, 0) is 31.0 Å². The van der Waals surface area contributed by atoms with Crippen molar-refractivity contribution in [3.63, 3.8) is 0 Å². The molecule has 2 rings (SSSR count). The smallest absolute Gasteiger partial charge is 0.241 e. The predicted octanol–water partition coefficient (Wildman–Crippen LogP) is 1.71. The van der Waals surface area contributed by atoms with Crippen LogP contribution in [0.4, 0.5) is 0 Å². The number of aromatic nitrogens is 2. The molecule has 1 aromatic heterocycles. The molecule has 1 aromatic carbocycles. The summed E-state index contributed by atoms with van der Waals surface area (Å²) in [4.78, 5) is 18.0. The van der Waals surface area contributed by atoms with Crippen LogP contribution < -0.4 is 10.6 Å². The summed E-state index contributed by atoms with van der Waals surface area (Å²) in [6.45, 7) is 5.55. The minimum absolute atomic E-state index is 0.00316. The van der Waals surface area contributed by atoms with Crippen LogP contribution in [0.1, 0.15) is 24.6 Å². The second-order valence-corrected chi connectivity index (χ2v) is 6.26. The zero-order valence-corrected chi connectivity index (χ0v) is 16.0. The van der Waals surface area contributed by atoms with Gasteiger partial charge in [0.05, 0.1) is 24.5 Å². The molecule has 0 aliphatic rings. The van der Waals surface area contributed by atoms with Crippen molar-refractivity contribution in [2.24, 2.45) is 4.99 Å². The molecule has 2 aromatic rings. The lowest BCUT2D eigenvalue weighted by Gasteiger charge is -2.15. The van der Waals surface area contributed by atoms with Crippen LogP contribution in [0.5, 0.6) is 0 Å². The van der Waals surface area contributed by atoms with Crippen LogP contribution in [-0.2, 0) is 11.3 Å². The Morgan fingerprint density at radius 3 is 2.65 bits per heavy atom. The van der Waals surface area contributed by atoms with Crippen molar-refractivity contribution >= 4 is 11.9 Å². The Kier molecular flexibility index (Phi) is 7.20. The number of guanidine groups is 1. The molecule has 0 bridgehead atoms. The standard InChI is InChI=1S/C19H28N6O/c1-5-11-20-19(22-14-18(26)24(3)4)21-13-16-8-6-7-9-17(16)25-12-10-15(2)23-25/h6-10,12H,5,11,13-14H2,1-4H3,(H2,20,21,22). The van der Waals surface area contributed by atoms with E-state index in [0.717, 1.165) is 29.9 Å². The number of nitrogens with zero attached hydrogens (tertiary/aromatic N) is 4. The van der Waals surface area contributed by atoms with E-state index in [-0.39, 0.29) is 12.5 Å². The maximum absolute atomic E-state index is 11.8. The number of amides is 1. The van der Waals surface area contributed by atoms with E-state index < -0.39 is 0 Å². The van der Waals surface area contributed by atoms with Crippen LogP contribution in [0, 0.1) is 6.92 Å². The van der Waals surface area contributed by atoms with Crippen LogP contribution >= 0.6 is 0 Å². The van der Waals surface area contributed by atoms with E-state index in [2.05, 4.69) is 27.6 Å². The van der Waals surface area contributed by atoms with Gasteiger partial charge in [-0.25, -0.2) is 9.67 Å².